The molecule has 3 aromatic carbocycles. The van der Waals surface area contributed by atoms with Gasteiger partial charge in [0.1, 0.15) is 0 Å². The predicted octanol–water partition coefficient (Wildman–Crippen LogP) is 7.24. The third kappa shape index (κ3) is 4.03. The molecule has 0 aliphatic heterocycles. The summed E-state index contributed by atoms with van der Waals surface area (Å²) in [6, 6.07) is 23.0. The molecule has 4 aromatic rings. The number of esters is 1. The van der Waals surface area contributed by atoms with E-state index in [-0.39, 0.29) is 11.4 Å². The number of allylic oxidation sites excluding steroid dienone is 1. The second-order valence-corrected chi connectivity index (χ2v) is 9.24. The Labute approximate surface area is 194 Å². The Bertz CT molecular complexity index is 1400. The molecule has 0 unspecified atom stereocenters. The number of hydrogen-bond donors (Lipinski definition) is 1. The number of ether oxygens (including phenoxy) is 1. The monoisotopic (exact) mass is 433 g/mol. The van der Waals surface area contributed by atoms with Crippen LogP contribution < -0.4 is 0 Å². The fourth-order valence-corrected chi connectivity index (χ4v) is 4.59. The van der Waals surface area contributed by atoms with Crippen molar-refractivity contribution in [1.82, 2.24) is 4.98 Å². The number of aromatic nitrogens is 1. The number of H-pyrrole nitrogens is 1. The summed E-state index contributed by atoms with van der Waals surface area (Å²) >= 11 is 0. The quantitative estimate of drug-likeness (QED) is 0.272. The molecule has 0 fully saturated rings. The molecule has 3 nitrogen and oxygen atoms in total. The van der Waals surface area contributed by atoms with Crippen molar-refractivity contribution in [1.29, 1.82) is 0 Å². The molecule has 1 aliphatic carbocycles. The highest BCUT2D eigenvalue weighted by Gasteiger charge is 2.28. The molecular weight excluding hydrogens is 406 g/mol. The number of methoxy groups -OCH3 is 1. The van der Waals surface area contributed by atoms with Crippen LogP contribution in [0.25, 0.3) is 28.6 Å². The van der Waals surface area contributed by atoms with E-state index in [1.807, 2.05) is 18.3 Å². The third-order valence-electron chi connectivity index (χ3n) is 6.54. The van der Waals surface area contributed by atoms with Gasteiger partial charge in [-0.2, -0.15) is 0 Å². The number of benzene rings is 3. The lowest BCUT2D eigenvalue weighted by atomic mass is 9.72. The highest BCUT2D eigenvalue weighted by Crippen LogP contribution is 2.42. The minimum atomic E-state index is -0.319. The topological polar surface area (TPSA) is 42.1 Å². The average Bonchev–Trinajstić information content (AvgIpc) is 3.30. The summed E-state index contributed by atoms with van der Waals surface area (Å²) < 4.78 is 4.78. The SMILES string of the molecule is COC(=O)c1ccc(C=Cc2ccc3c(c2)C(c2ccc4[nH]ccc4c2)=CCC3(C)C)cc1. The lowest BCUT2D eigenvalue weighted by Gasteiger charge is -2.32. The second-order valence-electron chi connectivity index (χ2n) is 9.24. The third-order valence-corrected chi connectivity index (χ3v) is 6.54. The lowest BCUT2D eigenvalue weighted by Crippen LogP contribution is -2.21. The average molecular weight is 434 g/mol. The normalized spacial score (nSPS) is 14.8. The van der Waals surface area contributed by atoms with Gasteiger partial charge in [0.15, 0.2) is 0 Å². The zero-order valence-electron chi connectivity index (χ0n) is 19.2. The molecule has 1 aliphatic rings. The number of nitrogens with one attached hydrogen (secondary N) is 1. The summed E-state index contributed by atoms with van der Waals surface area (Å²) in [5, 5.41) is 1.23. The molecule has 33 heavy (non-hydrogen) atoms. The summed E-state index contributed by atoms with van der Waals surface area (Å²) in [5.74, 6) is -0.319. The van der Waals surface area contributed by atoms with E-state index in [0.717, 1.165) is 23.1 Å². The van der Waals surface area contributed by atoms with Gasteiger partial charge in [0.2, 0.25) is 0 Å². The Hall–Kier alpha value is -3.85. The van der Waals surface area contributed by atoms with Crippen molar-refractivity contribution in [3.05, 3.63) is 112 Å². The summed E-state index contributed by atoms with van der Waals surface area (Å²) in [4.78, 5) is 14.9. The molecule has 5 rings (SSSR count). The highest BCUT2D eigenvalue weighted by atomic mass is 16.5. The van der Waals surface area contributed by atoms with Gasteiger partial charge in [-0.05, 0) is 87.0 Å². The van der Waals surface area contributed by atoms with E-state index in [9.17, 15) is 4.79 Å². The maximum Gasteiger partial charge on any atom is 0.337 e. The highest BCUT2D eigenvalue weighted by molar-refractivity contribution is 5.91. The largest absolute Gasteiger partial charge is 0.465 e. The maximum atomic E-state index is 11.7. The molecule has 0 saturated carbocycles. The number of aromatic amines is 1. The molecule has 3 heteroatoms. The first-order valence-corrected chi connectivity index (χ1v) is 11.2. The van der Waals surface area contributed by atoms with Crippen molar-refractivity contribution < 1.29 is 9.53 Å². The second kappa shape index (κ2) is 8.25. The van der Waals surface area contributed by atoms with Gasteiger partial charge in [-0.15, -0.1) is 0 Å². The molecule has 1 heterocycles. The van der Waals surface area contributed by atoms with E-state index in [1.54, 1.807) is 12.1 Å². The van der Waals surface area contributed by atoms with Crippen LogP contribution in [-0.4, -0.2) is 18.1 Å². The first-order valence-electron chi connectivity index (χ1n) is 11.2. The molecule has 0 spiro atoms. The van der Waals surface area contributed by atoms with Crippen LogP contribution in [0.15, 0.2) is 79.0 Å². The fourth-order valence-electron chi connectivity index (χ4n) is 4.59. The van der Waals surface area contributed by atoms with Crippen LogP contribution in [0.4, 0.5) is 0 Å². The molecule has 0 saturated heterocycles. The van der Waals surface area contributed by atoms with Crippen LogP contribution in [-0.2, 0) is 10.2 Å². The van der Waals surface area contributed by atoms with E-state index in [1.165, 1.54) is 34.8 Å². The van der Waals surface area contributed by atoms with Crippen molar-refractivity contribution in [2.24, 2.45) is 0 Å². The van der Waals surface area contributed by atoms with Gasteiger partial charge in [-0.3, -0.25) is 0 Å². The number of carbonyl (C=O) groups is 1. The summed E-state index contributed by atoms with van der Waals surface area (Å²) in [7, 11) is 1.40. The van der Waals surface area contributed by atoms with Crippen LogP contribution in [0.1, 0.15) is 58.4 Å². The van der Waals surface area contributed by atoms with Gasteiger partial charge < -0.3 is 9.72 Å². The Morgan fingerprint density at radius 1 is 0.939 bits per heavy atom. The van der Waals surface area contributed by atoms with Crippen LogP contribution in [0.3, 0.4) is 0 Å². The first kappa shape index (κ1) is 21.0. The Kier molecular flexibility index (Phi) is 5.26. The van der Waals surface area contributed by atoms with Crippen LogP contribution in [0, 0.1) is 0 Å². The van der Waals surface area contributed by atoms with Gasteiger partial charge in [-0.1, -0.05) is 62.4 Å². The zero-order valence-corrected chi connectivity index (χ0v) is 19.2. The molecular formula is C30H27NO2. The van der Waals surface area contributed by atoms with Crippen molar-refractivity contribution >= 4 is 34.6 Å². The summed E-state index contributed by atoms with van der Waals surface area (Å²) in [5.41, 5.74) is 9.22. The van der Waals surface area contributed by atoms with Crippen molar-refractivity contribution in [3.8, 4) is 0 Å². The Balaban J connectivity index is 1.50. The van der Waals surface area contributed by atoms with Gasteiger partial charge >= 0.3 is 5.97 Å². The zero-order chi connectivity index (χ0) is 23.0. The molecule has 0 atom stereocenters. The Morgan fingerprint density at radius 3 is 2.48 bits per heavy atom. The minimum Gasteiger partial charge on any atom is -0.465 e. The molecule has 1 N–H and O–H groups in total. The molecule has 0 radical (unpaired) electrons. The smallest absolute Gasteiger partial charge is 0.337 e. The number of hydrogen-bond acceptors (Lipinski definition) is 2. The standard InChI is InChI=1S/C30H27NO2/c1-30(2)16-14-25(23-11-13-28-24(19-23)15-17-31-28)26-18-21(8-12-27(26)30)5-4-20-6-9-22(10-7-20)29(32)33-3/h4-15,17-19,31H,16H2,1-3H3. The van der Waals surface area contributed by atoms with E-state index in [2.05, 4.69) is 79.5 Å². The molecule has 0 bridgehead atoms. The van der Waals surface area contributed by atoms with Gasteiger partial charge in [0, 0.05) is 11.7 Å². The van der Waals surface area contributed by atoms with Crippen molar-refractivity contribution in [2.75, 3.05) is 7.11 Å². The van der Waals surface area contributed by atoms with Gasteiger partial charge in [-0.25, -0.2) is 4.79 Å². The molecule has 1 aromatic heterocycles. The van der Waals surface area contributed by atoms with E-state index >= 15 is 0 Å². The summed E-state index contributed by atoms with van der Waals surface area (Å²) in [6.45, 7) is 4.62. The van der Waals surface area contributed by atoms with Crippen molar-refractivity contribution in [2.45, 2.75) is 25.7 Å². The molecule has 0 amide bonds. The maximum absolute atomic E-state index is 11.7. The van der Waals surface area contributed by atoms with Crippen LogP contribution >= 0.6 is 0 Å². The predicted molar refractivity (Wildman–Crippen MR) is 136 cm³/mol. The number of rotatable bonds is 4. The first-order chi connectivity index (χ1) is 15.9. The number of fused-ring (bicyclic) bond motifs is 2. The minimum absolute atomic E-state index is 0.100. The van der Waals surface area contributed by atoms with E-state index in [4.69, 9.17) is 4.74 Å². The Morgan fingerprint density at radius 2 is 1.70 bits per heavy atom. The van der Waals surface area contributed by atoms with Gasteiger partial charge in [0.05, 0.1) is 12.7 Å². The lowest BCUT2D eigenvalue weighted by molar-refractivity contribution is 0.0600. The fraction of sp³-hybridized carbons (Fsp3) is 0.167. The van der Waals surface area contributed by atoms with Crippen molar-refractivity contribution in [3.63, 3.8) is 0 Å². The van der Waals surface area contributed by atoms with E-state index in [0.29, 0.717) is 5.56 Å². The summed E-state index contributed by atoms with van der Waals surface area (Å²) in [6.07, 6.45) is 9.59. The van der Waals surface area contributed by atoms with Crippen LogP contribution in [0.5, 0.6) is 0 Å². The van der Waals surface area contributed by atoms with Gasteiger partial charge in [0.25, 0.3) is 0 Å². The number of carbonyl (C=O) groups excluding carboxylic acids is 1. The van der Waals surface area contributed by atoms with E-state index < -0.39 is 0 Å². The molecule has 164 valence electrons. The van der Waals surface area contributed by atoms with Crippen LogP contribution in [0.2, 0.25) is 0 Å².